The Morgan fingerprint density at radius 1 is 0.464 bits per heavy atom. The predicted octanol–water partition coefficient (Wildman–Crippen LogP) is -11.8. The van der Waals surface area contributed by atoms with Crippen molar-refractivity contribution >= 4 is 0 Å². The summed E-state index contributed by atoms with van der Waals surface area (Å²) in [6.45, 7) is 21.8. The van der Waals surface area contributed by atoms with Gasteiger partial charge in [0.15, 0.2) is 0 Å². The fourth-order valence-corrected chi connectivity index (χ4v) is 2.81. The van der Waals surface area contributed by atoms with Gasteiger partial charge in [-0.15, -0.1) is 13.8 Å². The molecule has 160 valence electrons. The Balaban J connectivity index is -0.0000000370. The first-order chi connectivity index (χ1) is 8.90. The maximum atomic E-state index is 3.44. The van der Waals surface area contributed by atoms with Crippen LogP contribution in [0.4, 0.5) is 0 Å². The molecule has 28 heavy (non-hydrogen) atoms. The summed E-state index contributed by atoms with van der Waals surface area (Å²) in [5.41, 5.74) is 8.79. The third-order valence-corrected chi connectivity index (χ3v) is 5.12. The van der Waals surface area contributed by atoms with Crippen LogP contribution in [0.25, 0.3) is 0 Å². The molecule has 0 atom stereocenters. The molecule has 0 unspecified atom stereocenters. The van der Waals surface area contributed by atoms with Crippen molar-refractivity contribution in [1.29, 1.82) is 0 Å². The van der Waals surface area contributed by atoms with Gasteiger partial charge in [0.2, 0.25) is 0 Å². The third-order valence-electron chi connectivity index (χ3n) is 5.12. The van der Waals surface area contributed by atoms with E-state index in [0.717, 1.165) is 0 Å². The molecule has 0 heterocycles. The molecule has 0 saturated carbocycles. The number of halogens is 6. The molecule has 8 heteroatoms. The molecule has 0 bridgehead atoms. The standard InChI is InChI=1S/2C10H15.6FH.2Ti/c2*1-7-6-10(4,5)9(3)8(7)2;;;;;;;;/h2*1-5H3;6*1H;;/q2*-1;;;;;;;2*+4/p-6. The molecule has 0 aromatic carbocycles. The Kier molecular flexibility index (Phi) is 32.4. The van der Waals surface area contributed by atoms with Crippen LogP contribution in [0.3, 0.4) is 0 Å². The van der Waals surface area contributed by atoms with Crippen molar-refractivity contribution in [1.82, 2.24) is 0 Å². The van der Waals surface area contributed by atoms with E-state index >= 15 is 0 Å². The molecule has 0 aromatic rings. The van der Waals surface area contributed by atoms with E-state index in [2.05, 4.69) is 81.4 Å². The van der Waals surface area contributed by atoms with Crippen molar-refractivity contribution in [2.45, 2.75) is 69.2 Å². The van der Waals surface area contributed by atoms with Crippen LogP contribution < -0.4 is 28.2 Å². The average molecular weight is 480 g/mol. The zero-order chi connectivity index (χ0) is 15.9. The van der Waals surface area contributed by atoms with Crippen LogP contribution in [0.15, 0.2) is 33.4 Å². The Morgan fingerprint density at radius 3 is 0.679 bits per heavy atom. The summed E-state index contributed by atoms with van der Waals surface area (Å²) in [5.74, 6) is 0. The molecule has 0 aromatic heterocycles. The van der Waals surface area contributed by atoms with Crippen LogP contribution in [0.5, 0.6) is 0 Å². The topological polar surface area (TPSA) is 0 Å². The minimum absolute atomic E-state index is 0. The Bertz CT molecular complexity index is 509. The van der Waals surface area contributed by atoms with Gasteiger partial charge in [0.1, 0.15) is 0 Å². The second-order valence-electron chi connectivity index (χ2n) is 7.25. The molecule has 0 spiro atoms. The first kappa shape index (κ1) is 51.0. The predicted molar refractivity (Wildman–Crippen MR) is 89.2 cm³/mol. The van der Waals surface area contributed by atoms with Crippen molar-refractivity contribution < 1.29 is 71.7 Å². The summed E-state index contributed by atoms with van der Waals surface area (Å²) in [6, 6.07) is 0. The van der Waals surface area contributed by atoms with Crippen LogP contribution in [-0.2, 0) is 43.4 Å². The largest absolute Gasteiger partial charge is 4.00 e. The number of allylic oxidation sites excluding steroid dienone is 8. The van der Waals surface area contributed by atoms with E-state index in [4.69, 9.17) is 0 Å². The second kappa shape index (κ2) is 17.8. The number of hydrogen-bond acceptors (Lipinski definition) is 0. The van der Waals surface area contributed by atoms with Gasteiger partial charge in [-0.05, 0) is 0 Å². The minimum atomic E-state index is 0. The maximum Gasteiger partial charge on any atom is 4.00 e. The molecule has 0 nitrogen and oxygen atoms in total. The summed E-state index contributed by atoms with van der Waals surface area (Å²) >= 11 is 0. The molecule has 0 saturated heterocycles. The monoisotopic (exact) mass is 480 g/mol. The third kappa shape index (κ3) is 11.2. The molecule has 0 fully saturated rings. The van der Waals surface area contributed by atoms with E-state index < -0.39 is 0 Å². The van der Waals surface area contributed by atoms with Gasteiger partial charge in [0.25, 0.3) is 0 Å². The van der Waals surface area contributed by atoms with Gasteiger partial charge in [0, 0.05) is 0 Å². The van der Waals surface area contributed by atoms with Gasteiger partial charge < -0.3 is 28.2 Å². The van der Waals surface area contributed by atoms with Gasteiger partial charge in [-0.2, -0.15) is 22.3 Å². The molecule has 2 aliphatic carbocycles. The van der Waals surface area contributed by atoms with Gasteiger partial charge in [0.05, 0.1) is 0 Å². The van der Waals surface area contributed by atoms with Gasteiger partial charge in [-0.25, -0.2) is 11.1 Å². The van der Waals surface area contributed by atoms with Crippen LogP contribution in [0.2, 0.25) is 0 Å². The zero-order valence-corrected chi connectivity index (χ0v) is 21.4. The maximum absolute atomic E-state index is 3.44. The summed E-state index contributed by atoms with van der Waals surface area (Å²) in [7, 11) is 0. The normalized spacial score (nSPS) is 16.8. The first-order valence-electron chi connectivity index (χ1n) is 7.50. The molecule has 0 N–H and O–H groups in total. The fraction of sp³-hybridized carbons (Fsp3) is 0.600. The van der Waals surface area contributed by atoms with E-state index in [1.54, 1.807) is 0 Å². The first-order valence-corrected chi connectivity index (χ1v) is 7.50. The number of hydrogen-bond donors (Lipinski definition) is 0. The molecule has 0 aliphatic heterocycles. The van der Waals surface area contributed by atoms with Crippen LogP contribution in [0.1, 0.15) is 69.2 Å². The van der Waals surface area contributed by atoms with Crippen molar-refractivity contribution in [2.24, 2.45) is 10.8 Å². The van der Waals surface area contributed by atoms with Crippen LogP contribution in [0, 0.1) is 23.0 Å². The molecule has 2 rings (SSSR count). The summed E-state index contributed by atoms with van der Waals surface area (Å²) in [6.07, 6.45) is 6.87. The molecule has 0 amide bonds. The van der Waals surface area contributed by atoms with E-state index in [-0.39, 0.29) is 82.5 Å². The molecular weight excluding hydrogens is 450 g/mol. The van der Waals surface area contributed by atoms with Crippen LogP contribution >= 0.6 is 0 Å². The summed E-state index contributed by atoms with van der Waals surface area (Å²) in [5, 5.41) is 0. The van der Waals surface area contributed by atoms with Gasteiger partial charge in [-0.1, -0.05) is 66.2 Å². The van der Waals surface area contributed by atoms with Crippen molar-refractivity contribution in [3.63, 3.8) is 0 Å². The smallest absolute Gasteiger partial charge is 1.00 e. The fourth-order valence-electron chi connectivity index (χ4n) is 2.81. The Hall–Kier alpha value is -0.0314. The summed E-state index contributed by atoms with van der Waals surface area (Å²) < 4.78 is 0. The molecule has 2 aliphatic rings. The Morgan fingerprint density at radius 2 is 0.643 bits per heavy atom. The van der Waals surface area contributed by atoms with Crippen molar-refractivity contribution in [2.75, 3.05) is 0 Å². The number of rotatable bonds is 0. The van der Waals surface area contributed by atoms with Crippen LogP contribution in [-0.4, -0.2) is 0 Å². The quantitative estimate of drug-likeness (QED) is 0.184. The van der Waals surface area contributed by atoms with Crippen molar-refractivity contribution in [3.05, 3.63) is 45.6 Å². The summed E-state index contributed by atoms with van der Waals surface area (Å²) in [4.78, 5) is 0. The van der Waals surface area contributed by atoms with Gasteiger partial charge >= 0.3 is 43.4 Å². The SMILES string of the molecule is CC1=[C-]C(C)(C)C(C)=C1C.CC1=[C-]C(C)(C)C(C)=C1C.[F-].[F-].[F-].[F-].[F-].[F-].[Ti+4].[Ti+4]. The average Bonchev–Trinajstić information content (AvgIpc) is 2.60. The second-order valence-corrected chi connectivity index (χ2v) is 7.25. The van der Waals surface area contributed by atoms with E-state index in [9.17, 15) is 0 Å². The molecular formula is C20H30F6Ti2. The van der Waals surface area contributed by atoms with Crippen molar-refractivity contribution in [3.8, 4) is 0 Å². The minimum Gasteiger partial charge on any atom is -1.00 e. The zero-order valence-electron chi connectivity index (χ0n) is 18.3. The molecule has 0 radical (unpaired) electrons. The van der Waals surface area contributed by atoms with Gasteiger partial charge in [-0.3, -0.25) is 12.2 Å². The van der Waals surface area contributed by atoms with E-state index in [0.29, 0.717) is 0 Å². The van der Waals surface area contributed by atoms with E-state index in [1.165, 1.54) is 33.4 Å². The van der Waals surface area contributed by atoms with E-state index in [1.807, 2.05) is 0 Å². The Labute approximate surface area is 196 Å².